The Kier molecular flexibility index (Phi) is 3.94. The molecule has 0 saturated heterocycles. The number of carbonyl (C=O) groups excluding carboxylic acids is 2. The molecule has 0 unspecified atom stereocenters. The number of halogens is 1. The molecule has 0 saturated carbocycles. The van der Waals surface area contributed by atoms with Crippen molar-refractivity contribution in [1.29, 1.82) is 0 Å². The molecule has 2 rings (SSSR count). The van der Waals surface area contributed by atoms with Crippen LogP contribution in [0.2, 0.25) is 0 Å². The van der Waals surface area contributed by atoms with Crippen LogP contribution in [0, 0.1) is 19.7 Å². The van der Waals surface area contributed by atoms with Crippen molar-refractivity contribution in [2.24, 2.45) is 0 Å². The highest BCUT2D eigenvalue weighted by Crippen LogP contribution is 2.13. The third kappa shape index (κ3) is 3.09. The number of hydrogen-bond donors (Lipinski definition) is 1. The first-order valence-electron chi connectivity index (χ1n) is 6.16. The first-order chi connectivity index (χ1) is 9.47. The van der Waals surface area contributed by atoms with Crippen LogP contribution in [0.3, 0.4) is 0 Å². The summed E-state index contributed by atoms with van der Waals surface area (Å²) >= 11 is 0. The Labute approximate surface area is 116 Å². The second-order valence-corrected chi connectivity index (χ2v) is 4.59. The lowest BCUT2D eigenvalue weighted by atomic mass is 10.0. The van der Waals surface area contributed by atoms with Crippen molar-refractivity contribution in [2.75, 3.05) is 5.32 Å². The molecule has 1 N–H and O–H groups in total. The van der Waals surface area contributed by atoms with Crippen molar-refractivity contribution in [1.82, 2.24) is 0 Å². The van der Waals surface area contributed by atoms with Crippen molar-refractivity contribution in [2.45, 2.75) is 13.8 Å². The molecule has 0 fully saturated rings. The summed E-state index contributed by atoms with van der Waals surface area (Å²) in [6, 6.07) is 10.5. The maximum Gasteiger partial charge on any atom is 0.296 e. The van der Waals surface area contributed by atoms with Gasteiger partial charge in [0, 0.05) is 11.3 Å². The van der Waals surface area contributed by atoms with Crippen molar-refractivity contribution in [3.8, 4) is 0 Å². The average molecular weight is 271 g/mol. The third-order valence-electron chi connectivity index (χ3n) is 3.06. The fourth-order valence-electron chi connectivity index (χ4n) is 1.77. The van der Waals surface area contributed by atoms with Crippen LogP contribution in [-0.2, 0) is 4.79 Å². The van der Waals surface area contributed by atoms with E-state index in [9.17, 15) is 14.0 Å². The number of Topliss-reactive ketones (excluding diaryl/α,β-unsaturated/α-hetero) is 1. The first-order valence-corrected chi connectivity index (χ1v) is 6.16. The standard InChI is InChI=1S/C16H14FNO2/c1-10-6-7-12(8-11(10)2)15(19)16(20)18-14-5-3-4-13(17)9-14/h3-9H,1-2H3,(H,18,20). The highest BCUT2D eigenvalue weighted by atomic mass is 19.1. The van der Waals surface area contributed by atoms with E-state index in [4.69, 9.17) is 0 Å². The summed E-state index contributed by atoms with van der Waals surface area (Å²) in [7, 11) is 0. The number of amides is 1. The summed E-state index contributed by atoms with van der Waals surface area (Å²) in [4.78, 5) is 23.8. The maximum absolute atomic E-state index is 13.0. The van der Waals surface area contributed by atoms with Gasteiger partial charge in [-0.3, -0.25) is 9.59 Å². The van der Waals surface area contributed by atoms with E-state index in [0.717, 1.165) is 17.2 Å². The lowest BCUT2D eigenvalue weighted by Crippen LogP contribution is -2.23. The molecule has 0 radical (unpaired) electrons. The number of rotatable bonds is 3. The van der Waals surface area contributed by atoms with E-state index in [1.807, 2.05) is 13.8 Å². The van der Waals surface area contributed by atoms with Gasteiger partial charge in [-0.2, -0.15) is 0 Å². The van der Waals surface area contributed by atoms with Crippen LogP contribution in [0.15, 0.2) is 42.5 Å². The topological polar surface area (TPSA) is 46.2 Å². The van der Waals surface area contributed by atoms with E-state index in [1.165, 1.54) is 18.2 Å². The number of aryl methyl sites for hydroxylation is 2. The van der Waals surface area contributed by atoms with Gasteiger partial charge in [0.1, 0.15) is 5.82 Å². The number of ketones is 1. The SMILES string of the molecule is Cc1ccc(C(=O)C(=O)Nc2cccc(F)c2)cc1C. The van der Waals surface area contributed by atoms with Crippen molar-refractivity contribution >= 4 is 17.4 Å². The van der Waals surface area contributed by atoms with Crippen LogP contribution in [0.25, 0.3) is 0 Å². The molecule has 3 nitrogen and oxygen atoms in total. The molecule has 0 aliphatic rings. The predicted octanol–water partition coefficient (Wildman–Crippen LogP) is 3.26. The Hall–Kier alpha value is -2.49. The normalized spacial score (nSPS) is 10.2. The largest absolute Gasteiger partial charge is 0.319 e. The Bertz CT molecular complexity index is 680. The molecule has 0 atom stereocenters. The van der Waals surface area contributed by atoms with Gasteiger partial charge in [0.25, 0.3) is 11.7 Å². The van der Waals surface area contributed by atoms with Gasteiger partial charge in [0.2, 0.25) is 0 Å². The zero-order chi connectivity index (χ0) is 14.7. The Morgan fingerprint density at radius 1 is 1.00 bits per heavy atom. The summed E-state index contributed by atoms with van der Waals surface area (Å²) < 4.78 is 13.0. The zero-order valence-corrected chi connectivity index (χ0v) is 11.2. The molecular formula is C16H14FNO2. The highest BCUT2D eigenvalue weighted by Gasteiger charge is 2.16. The summed E-state index contributed by atoms with van der Waals surface area (Å²) in [5.41, 5.74) is 2.57. The van der Waals surface area contributed by atoms with E-state index < -0.39 is 17.5 Å². The van der Waals surface area contributed by atoms with E-state index in [1.54, 1.807) is 18.2 Å². The van der Waals surface area contributed by atoms with Crippen LogP contribution in [0.4, 0.5) is 10.1 Å². The lowest BCUT2D eigenvalue weighted by Gasteiger charge is -2.06. The fourth-order valence-corrected chi connectivity index (χ4v) is 1.77. The monoisotopic (exact) mass is 271 g/mol. The number of carbonyl (C=O) groups is 2. The molecule has 0 spiro atoms. The van der Waals surface area contributed by atoms with Crippen LogP contribution in [0.5, 0.6) is 0 Å². The number of anilines is 1. The van der Waals surface area contributed by atoms with Gasteiger partial charge in [0.15, 0.2) is 0 Å². The predicted molar refractivity (Wildman–Crippen MR) is 75.3 cm³/mol. The van der Waals surface area contributed by atoms with Gasteiger partial charge in [-0.05, 0) is 49.2 Å². The molecule has 0 aliphatic carbocycles. The summed E-state index contributed by atoms with van der Waals surface area (Å²) in [5.74, 6) is -1.89. The molecule has 20 heavy (non-hydrogen) atoms. The average Bonchev–Trinajstić information content (AvgIpc) is 2.41. The van der Waals surface area contributed by atoms with Crippen molar-refractivity contribution in [3.63, 3.8) is 0 Å². The first kappa shape index (κ1) is 13.9. The third-order valence-corrected chi connectivity index (χ3v) is 3.06. The van der Waals surface area contributed by atoms with E-state index in [0.29, 0.717) is 5.56 Å². The van der Waals surface area contributed by atoms with Gasteiger partial charge in [-0.15, -0.1) is 0 Å². The molecule has 2 aromatic rings. The number of nitrogens with one attached hydrogen (secondary N) is 1. The molecule has 4 heteroatoms. The quantitative estimate of drug-likeness (QED) is 0.688. The summed E-state index contributed by atoms with van der Waals surface area (Å²) in [6.45, 7) is 3.80. The molecule has 102 valence electrons. The Morgan fingerprint density at radius 2 is 1.75 bits per heavy atom. The Morgan fingerprint density at radius 3 is 2.40 bits per heavy atom. The molecule has 1 amide bonds. The second kappa shape index (κ2) is 5.65. The van der Waals surface area contributed by atoms with Crippen LogP contribution >= 0.6 is 0 Å². The molecule has 0 aliphatic heterocycles. The van der Waals surface area contributed by atoms with Gasteiger partial charge >= 0.3 is 0 Å². The highest BCUT2D eigenvalue weighted by molar-refractivity contribution is 6.46. The molecule has 2 aromatic carbocycles. The molecular weight excluding hydrogens is 257 g/mol. The molecule has 0 aromatic heterocycles. The van der Waals surface area contributed by atoms with E-state index in [-0.39, 0.29) is 5.69 Å². The van der Waals surface area contributed by atoms with Crippen molar-refractivity contribution in [3.05, 3.63) is 65.0 Å². The van der Waals surface area contributed by atoms with E-state index in [2.05, 4.69) is 5.32 Å². The fraction of sp³-hybridized carbons (Fsp3) is 0.125. The van der Waals surface area contributed by atoms with Gasteiger partial charge < -0.3 is 5.32 Å². The van der Waals surface area contributed by atoms with Crippen molar-refractivity contribution < 1.29 is 14.0 Å². The summed E-state index contributed by atoms with van der Waals surface area (Å²) in [5, 5.41) is 2.39. The molecule has 0 bridgehead atoms. The van der Waals surface area contributed by atoms with Crippen LogP contribution < -0.4 is 5.32 Å². The van der Waals surface area contributed by atoms with Gasteiger partial charge in [-0.25, -0.2) is 4.39 Å². The van der Waals surface area contributed by atoms with E-state index >= 15 is 0 Å². The minimum absolute atomic E-state index is 0.257. The zero-order valence-electron chi connectivity index (χ0n) is 11.2. The van der Waals surface area contributed by atoms with Gasteiger partial charge in [0.05, 0.1) is 0 Å². The number of hydrogen-bond acceptors (Lipinski definition) is 2. The lowest BCUT2D eigenvalue weighted by molar-refractivity contribution is -0.112. The number of benzene rings is 2. The summed E-state index contributed by atoms with van der Waals surface area (Å²) in [6.07, 6.45) is 0. The maximum atomic E-state index is 13.0. The second-order valence-electron chi connectivity index (χ2n) is 4.59. The van der Waals surface area contributed by atoms with Gasteiger partial charge in [-0.1, -0.05) is 18.2 Å². The van der Waals surface area contributed by atoms with Crippen LogP contribution in [0.1, 0.15) is 21.5 Å². The molecule has 0 heterocycles. The van der Waals surface area contributed by atoms with Crippen LogP contribution in [-0.4, -0.2) is 11.7 Å². The smallest absolute Gasteiger partial charge is 0.296 e. The minimum atomic E-state index is -0.779. The minimum Gasteiger partial charge on any atom is -0.319 e. The Balaban J connectivity index is 2.16.